The number of hydrogen-bond acceptors (Lipinski definition) is 3. The Hall–Kier alpha value is -4.55. The molecule has 158 valence electrons. The molecule has 1 aliphatic carbocycles. The summed E-state index contributed by atoms with van der Waals surface area (Å²) in [7, 11) is 0. The van der Waals surface area contributed by atoms with Gasteiger partial charge in [0, 0.05) is 37.5 Å². The molecule has 2 aromatic heterocycles. The van der Waals surface area contributed by atoms with E-state index in [0.717, 1.165) is 43.6 Å². The molecule has 0 bridgehead atoms. The lowest BCUT2D eigenvalue weighted by Crippen LogP contribution is -2.20. The Kier molecular flexibility index (Phi) is 3.42. The number of carbonyl (C=O) groups excluding carboxylic acids is 2. The molecule has 8 nitrogen and oxygen atoms in total. The van der Waals surface area contributed by atoms with E-state index in [2.05, 4.69) is 31.0 Å². The van der Waals surface area contributed by atoms with Crippen LogP contribution in [-0.4, -0.2) is 27.4 Å². The van der Waals surface area contributed by atoms with Crippen LogP contribution in [0.1, 0.15) is 33.2 Å². The van der Waals surface area contributed by atoms with Gasteiger partial charge in [-0.25, -0.2) is 0 Å². The fourth-order valence-corrected chi connectivity index (χ4v) is 5.62. The second kappa shape index (κ2) is 6.25. The molecule has 7 rings (SSSR count). The molecule has 2 N–H and O–H groups in total. The highest BCUT2D eigenvalue weighted by atomic mass is 16.2. The van der Waals surface area contributed by atoms with Crippen molar-refractivity contribution in [3.05, 3.63) is 82.3 Å². The zero-order valence-electron chi connectivity index (χ0n) is 17.2. The van der Waals surface area contributed by atoms with Crippen molar-refractivity contribution in [2.24, 2.45) is 5.11 Å². The van der Waals surface area contributed by atoms with E-state index in [0.29, 0.717) is 17.5 Å². The van der Waals surface area contributed by atoms with Gasteiger partial charge in [-0.15, -0.1) is 0 Å². The van der Waals surface area contributed by atoms with Crippen molar-refractivity contribution in [1.29, 1.82) is 0 Å². The predicted molar refractivity (Wildman–Crippen MR) is 126 cm³/mol. The van der Waals surface area contributed by atoms with E-state index in [-0.39, 0.29) is 23.9 Å². The molecule has 8 heteroatoms. The molecule has 0 saturated heterocycles. The zero-order chi connectivity index (χ0) is 22.3. The van der Waals surface area contributed by atoms with Crippen LogP contribution in [0.25, 0.3) is 54.1 Å². The highest BCUT2D eigenvalue weighted by Gasteiger charge is 2.36. The number of aromatic nitrogens is 2. The minimum Gasteiger partial charge on any atom is -0.353 e. The highest BCUT2D eigenvalue weighted by Crippen LogP contribution is 2.45. The first-order valence-corrected chi connectivity index (χ1v) is 10.7. The molecule has 2 unspecified atom stereocenters. The third kappa shape index (κ3) is 2.22. The maximum atomic E-state index is 13.1. The van der Waals surface area contributed by atoms with Gasteiger partial charge in [-0.2, -0.15) is 0 Å². The maximum absolute atomic E-state index is 13.1. The molecule has 0 spiro atoms. The van der Waals surface area contributed by atoms with Crippen molar-refractivity contribution in [2.45, 2.75) is 18.5 Å². The monoisotopic (exact) mass is 432 g/mol. The number of imide groups is 1. The molecular formula is C25H16N6O2. The Morgan fingerprint density at radius 3 is 2.48 bits per heavy atom. The molecule has 1 aliphatic heterocycles. The summed E-state index contributed by atoms with van der Waals surface area (Å²) < 4.78 is 2.21. The number of carbonyl (C=O) groups is 2. The molecule has 2 atom stereocenters. The average Bonchev–Trinajstić information content (AvgIpc) is 3.56. The van der Waals surface area contributed by atoms with Crippen molar-refractivity contribution in [2.75, 3.05) is 0 Å². The quantitative estimate of drug-likeness (QED) is 0.126. The second-order valence-electron chi connectivity index (χ2n) is 8.52. The molecule has 3 aromatic carbocycles. The largest absolute Gasteiger partial charge is 0.353 e. The number of nitrogens with zero attached hydrogens (tertiary/aromatic N) is 4. The summed E-state index contributed by atoms with van der Waals surface area (Å²) in [4.78, 5) is 32.6. The number of hydrogen-bond donors (Lipinski definition) is 2. The van der Waals surface area contributed by atoms with E-state index < -0.39 is 0 Å². The van der Waals surface area contributed by atoms with E-state index in [1.807, 2.05) is 54.6 Å². The van der Waals surface area contributed by atoms with Gasteiger partial charge in [0.1, 0.15) is 0 Å². The van der Waals surface area contributed by atoms with Crippen LogP contribution >= 0.6 is 0 Å². The Bertz CT molecular complexity index is 1780. The van der Waals surface area contributed by atoms with Crippen molar-refractivity contribution in [3.63, 3.8) is 0 Å². The van der Waals surface area contributed by atoms with Gasteiger partial charge in [0.25, 0.3) is 11.8 Å². The summed E-state index contributed by atoms with van der Waals surface area (Å²) in [5.74, 6) is -0.739. The molecule has 3 heterocycles. The molecular weight excluding hydrogens is 416 g/mol. The van der Waals surface area contributed by atoms with E-state index in [4.69, 9.17) is 5.53 Å². The summed E-state index contributed by atoms with van der Waals surface area (Å²) in [6, 6.07) is 15.5. The molecule has 0 fully saturated rings. The number of allylic oxidation sites excluding steroid dienone is 1. The lowest BCUT2D eigenvalue weighted by molar-refractivity contribution is 0.0880. The maximum Gasteiger partial charge on any atom is 0.259 e. The number of para-hydroxylation sites is 2. The van der Waals surface area contributed by atoms with E-state index in [1.165, 1.54) is 0 Å². The van der Waals surface area contributed by atoms with Gasteiger partial charge >= 0.3 is 0 Å². The van der Waals surface area contributed by atoms with Crippen LogP contribution in [0.15, 0.2) is 65.8 Å². The van der Waals surface area contributed by atoms with Crippen molar-refractivity contribution in [1.82, 2.24) is 14.9 Å². The van der Waals surface area contributed by atoms with Crippen LogP contribution in [0.5, 0.6) is 0 Å². The number of azide groups is 1. The molecule has 2 aliphatic rings. The van der Waals surface area contributed by atoms with Gasteiger partial charge in [-0.1, -0.05) is 53.7 Å². The topological polar surface area (TPSA) is 116 Å². The summed E-state index contributed by atoms with van der Waals surface area (Å²) in [6.07, 6.45) is 4.61. The third-order valence-corrected chi connectivity index (χ3v) is 6.85. The Balaban J connectivity index is 1.73. The van der Waals surface area contributed by atoms with Gasteiger partial charge in [0.15, 0.2) is 0 Å². The molecule has 5 aromatic rings. The first-order chi connectivity index (χ1) is 16.2. The highest BCUT2D eigenvalue weighted by molar-refractivity contribution is 6.39. The van der Waals surface area contributed by atoms with Gasteiger partial charge in [-0.3, -0.25) is 14.9 Å². The van der Waals surface area contributed by atoms with Crippen LogP contribution in [0.2, 0.25) is 0 Å². The standard InChI is InChI=1S/C25H16N6O2/c26-30-29-12-9-10-13(11-12)31-17-8-4-2-6-15(17)19-21-20(24(32)28-25(21)33)18-14-5-1-3-7-16(14)27-22(18)23(19)31/h1-10,12-13,27H,11H2,(H,28,32,33). The molecule has 0 radical (unpaired) electrons. The van der Waals surface area contributed by atoms with Gasteiger partial charge in [0.05, 0.1) is 34.2 Å². The van der Waals surface area contributed by atoms with Crippen molar-refractivity contribution >= 4 is 55.4 Å². The number of H-pyrrole nitrogens is 1. The summed E-state index contributed by atoms with van der Waals surface area (Å²) in [5, 5.41) is 9.74. The number of rotatable bonds is 2. The minimum absolute atomic E-state index is 0.0595. The van der Waals surface area contributed by atoms with Gasteiger partial charge in [0.2, 0.25) is 0 Å². The van der Waals surface area contributed by atoms with Crippen LogP contribution in [-0.2, 0) is 0 Å². The fourth-order valence-electron chi connectivity index (χ4n) is 5.62. The van der Waals surface area contributed by atoms with Crippen LogP contribution in [0.3, 0.4) is 0 Å². The Morgan fingerprint density at radius 2 is 1.67 bits per heavy atom. The predicted octanol–water partition coefficient (Wildman–Crippen LogP) is 5.49. The number of benzene rings is 3. The number of aromatic amines is 1. The molecule has 2 amide bonds. The van der Waals surface area contributed by atoms with E-state index in [1.54, 1.807) is 0 Å². The number of fused-ring (bicyclic) bond motifs is 10. The normalized spacial score (nSPS) is 19.6. The van der Waals surface area contributed by atoms with E-state index >= 15 is 0 Å². The SMILES string of the molecule is [N-]=[N+]=NC1C=CC(n2c3ccccc3c3c4c(c5c6ccccc6[nH]c5c32)C(=O)NC4=O)C1. The smallest absolute Gasteiger partial charge is 0.259 e. The van der Waals surface area contributed by atoms with Crippen LogP contribution in [0.4, 0.5) is 0 Å². The lowest BCUT2D eigenvalue weighted by Gasteiger charge is -2.16. The van der Waals surface area contributed by atoms with E-state index in [9.17, 15) is 9.59 Å². The van der Waals surface area contributed by atoms with Gasteiger partial charge < -0.3 is 9.55 Å². The molecule has 33 heavy (non-hydrogen) atoms. The summed E-state index contributed by atoms with van der Waals surface area (Å²) in [5.41, 5.74) is 13.3. The zero-order valence-corrected chi connectivity index (χ0v) is 17.2. The third-order valence-electron chi connectivity index (χ3n) is 6.85. The first kappa shape index (κ1) is 18.1. The van der Waals surface area contributed by atoms with Crippen LogP contribution < -0.4 is 5.32 Å². The van der Waals surface area contributed by atoms with Crippen molar-refractivity contribution in [3.8, 4) is 0 Å². The number of nitrogens with one attached hydrogen (secondary N) is 2. The number of amides is 2. The molecule has 0 saturated carbocycles. The second-order valence-corrected chi connectivity index (χ2v) is 8.52. The lowest BCUT2D eigenvalue weighted by atomic mass is 9.96. The fraction of sp³-hybridized carbons (Fsp3) is 0.120. The average molecular weight is 432 g/mol. The Morgan fingerprint density at radius 1 is 0.939 bits per heavy atom. The summed E-state index contributed by atoms with van der Waals surface area (Å²) in [6.45, 7) is 0. The first-order valence-electron chi connectivity index (χ1n) is 10.7. The van der Waals surface area contributed by atoms with Gasteiger partial charge in [-0.05, 0) is 24.1 Å². The van der Waals surface area contributed by atoms with Crippen molar-refractivity contribution < 1.29 is 9.59 Å². The van der Waals surface area contributed by atoms with Crippen LogP contribution in [0, 0.1) is 0 Å². The minimum atomic E-state index is -0.371. The Labute approximate surface area is 186 Å². The summed E-state index contributed by atoms with van der Waals surface area (Å²) >= 11 is 0.